The maximum atomic E-state index is 13.1. The number of hydrogen-bond donors (Lipinski definition) is 1. The maximum absolute atomic E-state index is 13.1. The lowest BCUT2D eigenvalue weighted by atomic mass is 9.81. The van der Waals surface area contributed by atoms with Crippen molar-refractivity contribution in [1.82, 2.24) is 20.2 Å². The standard InChI is InChI=1S/C23H37BN4O7S/c1-15(27-20(30)33-21(2,3)4)18(29)28-11-9-10-17(28)14-36(31,32)19-25-12-16(13-26-19)24-34-22(5,6)23(7,8)35-24/h12-13,15,17H,9-11,14H2,1-8H3,(H,27,30)/t15-,17+/m0/s1. The van der Waals surface area contributed by atoms with E-state index in [-0.39, 0.29) is 16.8 Å². The number of alkyl carbamates (subject to hydrolysis) is 1. The Morgan fingerprint density at radius 2 is 1.75 bits per heavy atom. The van der Waals surface area contributed by atoms with E-state index in [2.05, 4.69) is 15.3 Å². The number of carbonyl (C=O) groups is 2. The van der Waals surface area contributed by atoms with Gasteiger partial charge in [-0.1, -0.05) is 0 Å². The second-order valence-electron chi connectivity index (χ2n) is 11.4. The summed E-state index contributed by atoms with van der Waals surface area (Å²) in [5, 5.41) is 2.20. The molecule has 2 aliphatic heterocycles. The van der Waals surface area contributed by atoms with Gasteiger partial charge in [0.2, 0.25) is 20.9 Å². The van der Waals surface area contributed by atoms with Crippen molar-refractivity contribution in [2.75, 3.05) is 12.3 Å². The number of amides is 2. The van der Waals surface area contributed by atoms with E-state index in [1.54, 1.807) is 27.7 Å². The minimum atomic E-state index is -3.88. The molecule has 0 aliphatic carbocycles. The molecule has 13 heteroatoms. The van der Waals surface area contributed by atoms with Gasteiger partial charge in [-0.2, -0.15) is 0 Å². The molecular weight excluding hydrogens is 487 g/mol. The lowest BCUT2D eigenvalue weighted by Gasteiger charge is -2.32. The van der Waals surface area contributed by atoms with Crippen molar-refractivity contribution in [3.63, 3.8) is 0 Å². The van der Waals surface area contributed by atoms with E-state index in [1.807, 2.05) is 27.7 Å². The van der Waals surface area contributed by atoms with Crippen LogP contribution in [0.5, 0.6) is 0 Å². The molecule has 1 aromatic rings. The molecule has 11 nitrogen and oxygen atoms in total. The Labute approximate surface area is 213 Å². The van der Waals surface area contributed by atoms with Crippen LogP contribution < -0.4 is 10.8 Å². The molecule has 1 N–H and O–H groups in total. The number of nitrogens with one attached hydrogen (secondary N) is 1. The van der Waals surface area contributed by atoms with Crippen molar-refractivity contribution < 1.29 is 32.1 Å². The molecular formula is C23H37BN4O7S. The lowest BCUT2D eigenvalue weighted by molar-refractivity contribution is -0.133. The van der Waals surface area contributed by atoms with Crippen LogP contribution in [0, 0.1) is 0 Å². The Bertz CT molecular complexity index is 1070. The van der Waals surface area contributed by atoms with Crippen molar-refractivity contribution in [1.29, 1.82) is 0 Å². The van der Waals surface area contributed by atoms with Crippen molar-refractivity contribution in [2.24, 2.45) is 0 Å². The third-order valence-corrected chi connectivity index (χ3v) is 8.22. The molecule has 2 amide bonds. The third kappa shape index (κ3) is 6.35. The fourth-order valence-corrected chi connectivity index (χ4v) is 5.44. The quantitative estimate of drug-likeness (QED) is 0.433. The fourth-order valence-electron chi connectivity index (χ4n) is 4.01. The molecule has 0 spiro atoms. The van der Waals surface area contributed by atoms with Crippen LogP contribution in [0.1, 0.15) is 68.2 Å². The summed E-state index contributed by atoms with van der Waals surface area (Å²) in [6.45, 7) is 14.8. The maximum Gasteiger partial charge on any atom is 0.498 e. The van der Waals surface area contributed by atoms with Gasteiger partial charge in [0, 0.05) is 30.4 Å². The van der Waals surface area contributed by atoms with E-state index < -0.39 is 51.9 Å². The number of aromatic nitrogens is 2. The summed E-state index contributed by atoms with van der Waals surface area (Å²) in [5.41, 5.74) is -1.27. The van der Waals surface area contributed by atoms with E-state index in [4.69, 9.17) is 14.0 Å². The van der Waals surface area contributed by atoms with Gasteiger partial charge in [-0.3, -0.25) is 4.79 Å². The number of sulfone groups is 1. The van der Waals surface area contributed by atoms with Gasteiger partial charge in [-0.05, 0) is 68.2 Å². The molecule has 0 saturated carbocycles. The number of likely N-dealkylation sites (tertiary alicyclic amines) is 1. The van der Waals surface area contributed by atoms with Gasteiger partial charge < -0.3 is 24.3 Å². The molecule has 2 saturated heterocycles. The summed E-state index contributed by atoms with van der Waals surface area (Å²) in [6, 6.07) is -1.41. The average Bonchev–Trinajstić information content (AvgIpc) is 3.26. The zero-order valence-corrected chi connectivity index (χ0v) is 23.1. The normalized spacial score (nSPS) is 22.4. The Kier molecular flexibility index (Phi) is 7.79. The van der Waals surface area contributed by atoms with E-state index in [0.29, 0.717) is 24.8 Å². The summed E-state index contributed by atoms with van der Waals surface area (Å²) in [5.74, 6) is -0.677. The monoisotopic (exact) mass is 524 g/mol. The van der Waals surface area contributed by atoms with E-state index in [0.717, 1.165) is 0 Å². The molecule has 0 bridgehead atoms. The topological polar surface area (TPSA) is 137 Å². The minimum Gasteiger partial charge on any atom is -0.444 e. The molecule has 36 heavy (non-hydrogen) atoms. The summed E-state index contributed by atoms with van der Waals surface area (Å²) in [6.07, 6.45) is 3.27. The van der Waals surface area contributed by atoms with Crippen LogP contribution >= 0.6 is 0 Å². The summed E-state index contributed by atoms with van der Waals surface area (Å²) in [7, 11) is -4.58. The predicted octanol–water partition coefficient (Wildman–Crippen LogP) is 1.45. The van der Waals surface area contributed by atoms with Gasteiger partial charge in [-0.15, -0.1) is 0 Å². The zero-order valence-electron chi connectivity index (χ0n) is 22.3. The Hall–Kier alpha value is -2.25. The first kappa shape index (κ1) is 28.3. The van der Waals surface area contributed by atoms with Crippen LogP contribution in [0.25, 0.3) is 0 Å². The Morgan fingerprint density at radius 3 is 2.28 bits per heavy atom. The largest absolute Gasteiger partial charge is 0.498 e. The number of hydrogen-bond acceptors (Lipinski definition) is 9. The molecule has 0 aromatic carbocycles. The van der Waals surface area contributed by atoms with Crippen LogP contribution in [-0.2, 0) is 28.7 Å². The number of nitrogens with zero attached hydrogens (tertiary/aromatic N) is 3. The first-order valence-corrected chi connectivity index (χ1v) is 13.8. The van der Waals surface area contributed by atoms with Crippen LogP contribution in [0.3, 0.4) is 0 Å². The molecule has 2 atom stereocenters. The highest BCUT2D eigenvalue weighted by atomic mass is 32.2. The lowest BCUT2D eigenvalue weighted by Crippen LogP contribution is -2.50. The third-order valence-electron chi connectivity index (χ3n) is 6.63. The van der Waals surface area contributed by atoms with Gasteiger partial charge in [0.05, 0.1) is 17.0 Å². The molecule has 3 rings (SSSR count). The van der Waals surface area contributed by atoms with Crippen molar-refractivity contribution in [3.05, 3.63) is 12.4 Å². The van der Waals surface area contributed by atoms with Crippen LogP contribution in [0.15, 0.2) is 17.6 Å². The highest BCUT2D eigenvalue weighted by Crippen LogP contribution is 2.36. The van der Waals surface area contributed by atoms with E-state index >= 15 is 0 Å². The van der Waals surface area contributed by atoms with Gasteiger partial charge in [0.1, 0.15) is 11.6 Å². The fraction of sp³-hybridized carbons (Fsp3) is 0.739. The molecule has 2 aliphatic rings. The molecule has 200 valence electrons. The molecule has 0 radical (unpaired) electrons. The molecule has 0 unspecified atom stereocenters. The predicted molar refractivity (Wildman–Crippen MR) is 133 cm³/mol. The first-order valence-electron chi connectivity index (χ1n) is 12.1. The summed E-state index contributed by atoms with van der Waals surface area (Å²) < 4.78 is 43.3. The number of carbonyl (C=O) groups excluding carboxylic acids is 2. The Morgan fingerprint density at radius 1 is 1.19 bits per heavy atom. The second-order valence-corrected chi connectivity index (χ2v) is 13.3. The number of ether oxygens (including phenoxy) is 1. The van der Waals surface area contributed by atoms with Gasteiger partial charge >= 0.3 is 13.2 Å². The second kappa shape index (κ2) is 9.90. The average molecular weight is 524 g/mol. The van der Waals surface area contributed by atoms with Crippen molar-refractivity contribution >= 4 is 34.4 Å². The van der Waals surface area contributed by atoms with Gasteiger partial charge in [-0.25, -0.2) is 23.2 Å². The molecule has 1 aromatic heterocycles. The highest BCUT2D eigenvalue weighted by molar-refractivity contribution is 7.91. The SMILES string of the molecule is C[C@H](NC(=O)OC(C)(C)C)C(=O)N1CCC[C@@H]1CS(=O)(=O)c1ncc(B2OC(C)(C)C(C)(C)O2)cn1. The first-order chi connectivity index (χ1) is 16.4. The Balaban J connectivity index is 1.65. The molecule has 3 heterocycles. The minimum absolute atomic E-state index is 0.312. The van der Waals surface area contributed by atoms with E-state index in [9.17, 15) is 18.0 Å². The van der Waals surface area contributed by atoms with Crippen LogP contribution in [0.2, 0.25) is 0 Å². The van der Waals surface area contributed by atoms with Crippen molar-refractivity contribution in [3.8, 4) is 0 Å². The van der Waals surface area contributed by atoms with Gasteiger partial charge in [0.25, 0.3) is 0 Å². The highest BCUT2D eigenvalue weighted by Gasteiger charge is 2.52. The van der Waals surface area contributed by atoms with Crippen LogP contribution in [-0.4, -0.2) is 83.6 Å². The van der Waals surface area contributed by atoms with Crippen LogP contribution in [0.4, 0.5) is 4.79 Å². The number of rotatable bonds is 6. The van der Waals surface area contributed by atoms with Gasteiger partial charge in [0.15, 0.2) is 0 Å². The summed E-state index contributed by atoms with van der Waals surface area (Å²) in [4.78, 5) is 34.7. The summed E-state index contributed by atoms with van der Waals surface area (Å²) >= 11 is 0. The smallest absolute Gasteiger partial charge is 0.444 e. The van der Waals surface area contributed by atoms with Crippen molar-refractivity contribution in [2.45, 2.75) is 102 Å². The molecule has 2 fully saturated rings. The van der Waals surface area contributed by atoms with E-state index in [1.165, 1.54) is 17.3 Å². The zero-order chi connectivity index (χ0) is 27.1.